The third kappa shape index (κ3) is 3.17. The van der Waals surface area contributed by atoms with Gasteiger partial charge in [-0.05, 0) is 13.8 Å². The van der Waals surface area contributed by atoms with Crippen LogP contribution in [0.2, 0.25) is 0 Å². The van der Waals surface area contributed by atoms with Gasteiger partial charge in [0.25, 0.3) is 5.78 Å². The van der Waals surface area contributed by atoms with Gasteiger partial charge >= 0.3 is 23.8 Å². The highest BCUT2D eigenvalue weighted by Gasteiger charge is 2.64. The maximum atomic E-state index is 13.0. The van der Waals surface area contributed by atoms with Crippen LogP contribution in [0.25, 0.3) is 0 Å². The molecule has 0 bridgehead atoms. The molecule has 0 saturated heterocycles. The third-order valence-electron chi connectivity index (χ3n) is 1.63. The lowest BCUT2D eigenvalue weighted by Gasteiger charge is -2.18. The van der Waals surface area contributed by atoms with Crippen LogP contribution in [0.4, 0.5) is 17.6 Å². The summed E-state index contributed by atoms with van der Waals surface area (Å²) in [5, 5.41) is 0. The summed E-state index contributed by atoms with van der Waals surface area (Å²) >= 11 is 0. The van der Waals surface area contributed by atoms with Gasteiger partial charge in [-0.25, -0.2) is 9.59 Å². The number of rotatable bonds is 6. The highest BCUT2D eigenvalue weighted by atomic mass is 19.3. The van der Waals surface area contributed by atoms with Crippen molar-refractivity contribution in [1.29, 1.82) is 0 Å². The normalized spacial score (nSPS) is 11.9. The second-order valence-electron chi connectivity index (χ2n) is 2.92. The van der Waals surface area contributed by atoms with E-state index in [9.17, 15) is 31.9 Å². The molecule has 0 aromatic carbocycles. The van der Waals surface area contributed by atoms with Gasteiger partial charge < -0.3 is 9.47 Å². The molecular weight excluding hydrogens is 264 g/mol. The molecular formula is C9H10F4O5. The predicted octanol–water partition coefficient (Wildman–Crippen LogP) is 0.952. The second kappa shape index (κ2) is 5.78. The van der Waals surface area contributed by atoms with Crippen molar-refractivity contribution in [1.82, 2.24) is 0 Å². The zero-order valence-electron chi connectivity index (χ0n) is 9.47. The Bertz CT molecular complexity index is 321. The number of halogens is 4. The highest BCUT2D eigenvalue weighted by Crippen LogP contribution is 2.29. The fourth-order valence-electron chi connectivity index (χ4n) is 0.826. The van der Waals surface area contributed by atoms with Crippen LogP contribution < -0.4 is 0 Å². The Hall–Kier alpha value is -1.67. The topological polar surface area (TPSA) is 69.7 Å². The first-order chi connectivity index (χ1) is 8.12. The molecule has 5 nitrogen and oxygen atoms in total. The SMILES string of the molecule is CCOC(=O)C(F)(F)C(=O)C(F)(F)C(=O)OCC. The van der Waals surface area contributed by atoms with Crippen LogP contribution in [0.15, 0.2) is 0 Å². The molecule has 0 rings (SSSR count). The highest BCUT2D eigenvalue weighted by molar-refractivity contribution is 6.16. The molecule has 9 heteroatoms. The molecule has 104 valence electrons. The van der Waals surface area contributed by atoms with Gasteiger partial charge in [0.05, 0.1) is 13.2 Å². The standard InChI is InChI=1S/C9H10F4O5/c1-3-17-6(15)8(10,11)5(14)9(12,13)7(16)18-4-2/h3-4H2,1-2H3. The maximum absolute atomic E-state index is 13.0. The van der Waals surface area contributed by atoms with Crippen molar-refractivity contribution in [2.24, 2.45) is 0 Å². The lowest BCUT2D eigenvalue weighted by molar-refractivity contribution is -0.196. The molecule has 0 aliphatic heterocycles. The number of esters is 2. The summed E-state index contributed by atoms with van der Waals surface area (Å²) in [5.41, 5.74) is 0. The van der Waals surface area contributed by atoms with Crippen molar-refractivity contribution < 1.29 is 41.4 Å². The van der Waals surface area contributed by atoms with E-state index in [1.54, 1.807) is 0 Å². The summed E-state index contributed by atoms with van der Waals surface area (Å²) < 4.78 is 59.5. The molecule has 0 unspecified atom stereocenters. The number of ketones is 1. The van der Waals surface area contributed by atoms with Gasteiger partial charge in [-0.2, -0.15) is 17.6 Å². The number of carbonyl (C=O) groups is 3. The first-order valence-electron chi connectivity index (χ1n) is 4.77. The number of hydrogen-bond donors (Lipinski definition) is 0. The third-order valence-corrected chi connectivity index (χ3v) is 1.63. The summed E-state index contributed by atoms with van der Waals surface area (Å²) in [7, 11) is 0. The van der Waals surface area contributed by atoms with Crippen molar-refractivity contribution in [3.63, 3.8) is 0 Å². The van der Waals surface area contributed by atoms with E-state index in [4.69, 9.17) is 0 Å². The number of alkyl halides is 4. The van der Waals surface area contributed by atoms with Crippen LogP contribution in [0, 0.1) is 0 Å². The van der Waals surface area contributed by atoms with Gasteiger partial charge in [0.2, 0.25) is 0 Å². The molecule has 0 heterocycles. The van der Waals surface area contributed by atoms with Crippen LogP contribution >= 0.6 is 0 Å². The molecule has 0 saturated carbocycles. The maximum Gasteiger partial charge on any atom is 0.406 e. The van der Waals surface area contributed by atoms with Crippen LogP contribution in [-0.2, 0) is 23.9 Å². The molecule has 0 amide bonds. The Morgan fingerprint density at radius 1 is 0.833 bits per heavy atom. The molecule has 0 spiro atoms. The largest absolute Gasteiger partial charge is 0.461 e. The smallest absolute Gasteiger partial charge is 0.406 e. The van der Waals surface area contributed by atoms with Gasteiger partial charge in [-0.15, -0.1) is 0 Å². The van der Waals surface area contributed by atoms with Crippen molar-refractivity contribution >= 4 is 17.7 Å². The van der Waals surface area contributed by atoms with Crippen LogP contribution in [0.3, 0.4) is 0 Å². The van der Waals surface area contributed by atoms with E-state index in [0.717, 1.165) is 13.8 Å². The predicted molar refractivity (Wildman–Crippen MR) is 48.2 cm³/mol. The Balaban J connectivity index is 5.13. The van der Waals surface area contributed by atoms with E-state index in [2.05, 4.69) is 9.47 Å². The number of ether oxygens (including phenoxy) is 2. The van der Waals surface area contributed by atoms with Crippen molar-refractivity contribution in [3.8, 4) is 0 Å². The van der Waals surface area contributed by atoms with Crippen molar-refractivity contribution in [2.45, 2.75) is 25.7 Å². The molecule has 0 atom stereocenters. The zero-order chi connectivity index (χ0) is 14.6. The fourth-order valence-corrected chi connectivity index (χ4v) is 0.826. The van der Waals surface area contributed by atoms with E-state index < -0.39 is 42.8 Å². The summed E-state index contributed by atoms with van der Waals surface area (Å²) in [5.74, 6) is -18.3. The van der Waals surface area contributed by atoms with Gasteiger partial charge in [0, 0.05) is 0 Å². The van der Waals surface area contributed by atoms with Crippen LogP contribution in [-0.4, -0.2) is 42.8 Å². The summed E-state index contributed by atoms with van der Waals surface area (Å²) in [6.45, 7) is 1.21. The molecule has 18 heavy (non-hydrogen) atoms. The molecule has 0 aromatic rings. The van der Waals surface area contributed by atoms with Crippen LogP contribution in [0.5, 0.6) is 0 Å². The fraction of sp³-hybridized carbons (Fsp3) is 0.667. The van der Waals surface area contributed by atoms with Gasteiger partial charge in [-0.3, -0.25) is 4.79 Å². The molecule has 0 aliphatic carbocycles. The quantitative estimate of drug-likeness (QED) is 0.410. The Morgan fingerprint density at radius 2 is 1.11 bits per heavy atom. The molecule has 0 N–H and O–H groups in total. The average molecular weight is 274 g/mol. The Labute approximate surface area is 99.0 Å². The van der Waals surface area contributed by atoms with Crippen molar-refractivity contribution in [2.75, 3.05) is 13.2 Å². The van der Waals surface area contributed by atoms with Gasteiger partial charge in [-0.1, -0.05) is 0 Å². The first kappa shape index (κ1) is 16.3. The number of carbonyl (C=O) groups excluding carboxylic acids is 3. The van der Waals surface area contributed by atoms with Gasteiger partial charge in [0.1, 0.15) is 0 Å². The lowest BCUT2D eigenvalue weighted by atomic mass is 10.1. The van der Waals surface area contributed by atoms with Gasteiger partial charge in [0.15, 0.2) is 0 Å². The van der Waals surface area contributed by atoms with E-state index in [1.807, 2.05) is 0 Å². The zero-order valence-corrected chi connectivity index (χ0v) is 9.47. The lowest BCUT2D eigenvalue weighted by Crippen LogP contribution is -2.52. The minimum absolute atomic E-state index is 0.535. The Morgan fingerprint density at radius 3 is 1.33 bits per heavy atom. The molecule has 0 aromatic heterocycles. The minimum Gasteiger partial charge on any atom is -0.461 e. The van der Waals surface area contributed by atoms with Crippen molar-refractivity contribution in [3.05, 3.63) is 0 Å². The van der Waals surface area contributed by atoms with E-state index in [0.29, 0.717) is 0 Å². The van der Waals surface area contributed by atoms with E-state index in [1.165, 1.54) is 0 Å². The number of hydrogen-bond acceptors (Lipinski definition) is 5. The first-order valence-corrected chi connectivity index (χ1v) is 4.77. The number of Topliss-reactive ketones (excluding diaryl/α,β-unsaturated/α-hetero) is 1. The van der Waals surface area contributed by atoms with E-state index >= 15 is 0 Å². The van der Waals surface area contributed by atoms with Crippen LogP contribution in [0.1, 0.15) is 13.8 Å². The molecule has 0 radical (unpaired) electrons. The Kier molecular flexibility index (Phi) is 5.25. The molecule has 0 fully saturated rings. The summed E-state index contributed by atoms with van der Waals surface area (Å²) in [6.07, 6.45) is 0. The van der Waals surface area contributed by atoms with E-state index in [-0.39, 0.29) is 0 Å². The average Bonchev–Trinajstić information content (AvgIpc) is 2.28. The summed E-state index contributed by atoms with van der Waals surface area (Å²) in [4.78, 5) is 32.1. The summed E-state index contributed by atoms with van der Waals surface area (Å²) in [6, 6.07) is 0. The monoisotopic (exact) mass is 274 g/mol. The second-order valence-corrected chi connectivity index (χ2v) is 2.92. The molecule has 0 aliphatic rings. The minimum atomic E-state index is -5.12.